The number of fused-ring (bicyclic) bond motifs is 1. The van der Waals surface area contributed by atoms with Gasteiger partial charge in [0.25, 0.3) is 0 Å². The molecule has 6 nitrogen and oxygen atoms in total. The van der Waals surface area contributed by atoms with E-state index >= 15 is 0 Å². The summed E-state index contributed by atoms with van der Waals surface area (Å²) in [6.45, 7) is 7.80. The van der Waals surface area contributed by atoms with Gasteiger partial charge in [-0.25, -0.2) is 0 Å². The number of carbonyl (C=O) groups excluding carboxylic acids is 2. The first-order chi connectivity index (χ1) is 10.7. The first kappa shape index (κ1) is 17.1. The second-order valence-electron chi connectivity index (χ2n) is 6.83. The van der Waals surface area contributed by atoms with Crippen molar-refractivity contribution in [2.75, 3.05) is 13.8 Å². The highest BCUT2D eigenvalue weighted by atomic mass is 16.7. The maximum absolute atomic E-state index is 12.4. The second kappa shape index (κ2) is 6.48. The summed E-state index contributed by atoms with van der Waals surface area (Å²) < 4.78 is 10.6. The van der Waals surface area contributed by atoms with E-state index in [4.69, 9.17) is 9.47 Å². The van der Waals surface area contributed by atoms with Gasteiger partial charge in [-0.3, -0.25) is 9.59 Å². The van der Waals surface area contributed by atoms with Gasteiger partial charge in [0.1, 0.15) is 6.04 Å². The molecule has 1 aliphatic heterocycles. The maximum atomic E-state index is 12.4. The number of likely N-dealkylation sites (N-methyl/N-ethyl adjacent to an activating group) is 1. The Bertz CT molecular complexity index is 607. The molecule has 1 aromatic rings. The number of carbonyl (C=O) groups is 2. The van der Waals surface area contributed by atoms with Crippen LogP contribution in [-0.2, 0) is 16.1 Å². The average Bonchev–Trinajstić information content (AvgIpc) is 2.92. The maximum Gasteiger partial charge on any atom is 0.244 e. The fourth-order valence-electron chi connectivity index (χ4n) is 2.20. The molecule has 0 spiro atoms. The lowest BCUT2D eigenvalue weighted by atomic mass is 9.95. The number of hydrogen-bond acceptors (Lipinski definition) is 4. The molecule has 0 aliphatic carbocycles. The molecule has 0 saturated carbocycles. The van der Waals surface area contributed by atoms with Gasteiger partial charge in [0, 0.05) is 19.0 Å². The van der Waals surface area contributed by atoms with Gasteiger partial charge in [0.15, 0.2) is 11.5 Å². The van der Waals surface area contributed by atoms with Gasteiger partial charge in [0.2, 0.25) is 18.6 Å². The van der Waals surface area contributed by atoms with Crippen LogP contribution in [0.15, 0.2) is 18.2 Å². The van der Waals surface area contributed by atoms with Gasteiger partial charge in [0.05, 0.1) is 0 Å². The molecule has 0 fully saturated rings. The van der Waals surface area contributed by atoms with Crippen LogP contribution < -0.4 is 14.8 Å². The SMILES string of the molecule is CC(NC(=O)C(C)(C)C)C(=O)N(C)Cc1ccc2c(c1)OCO2. The smallest absolute Gasteiger partial charge is 0.244 e. The van der Waals surface area contributed by atoms with Crippen LogP contribution in [0.1, 0.15) is 33.3 Å². The zero-order chi connectivity index (χ0) is 17.2. The summed E-state index contributed by atoms with van der Waals surface area (Å²) in [7, 11) is 1.71. The van der Waals surface area contributed by atoms with Crippen LogP contribution in [0.25, 0.3) is 0 Å². The second-order valence-corrected chi connectivity index (χ2v) is 6.83. The molecule has 0 aromatic heterocycles. The van der Waals surface area contributed by atoms with Crippen LogP contribution in [0.3, 0.4) is 0 Å². The number of nitrogens with one attached hydrogen (secondary N) is 1. The minimum Gasteiger partial charge on any atom is -0.454 e. The monoisotopic (exact) mass is 320 g/mol. The normalized spacial score (nSPS) is 14.3. The number of nitrogens with zero attached hydrogens (tertiary/aromatic N) is 1. The van der Waals surface area contributed by atoms with E-state index < -0.39 is 11.5 Å². The molecular formula is C17H24N2O4. The average molecular weight is 320 g/mol. The fourth-order valence-corrected chi connectivity index (χ4v) is 2.20. The summed E-state index contributed by atoms with van der Waals surface area (Å²) in [5.41, 5.74) is 0.421. The summed E-state index contributed by atoms with van der Waals surface area (Å²) in [4.78, 5) is 26.0. The van der Waals surface area contributed by atoms with E-state index in [1.807, 2.05) is 39.0 Å². The van der Waals surface area contributed by atoms with E-state index in [2.05, 4.69) is 5.32 Å². The van der Waals surface area contributed by atoms with Crippen LogP contribution in [0.5, 0.6) is 11.5 Å². The number of benzene rings is 1. The highest BCUT2D eigenvalue weighted by Gasteiger charge is 2.26. The third-order valence-electron chi connectivity index (χ3n) is 3.63. The van der Waals surface area contributed by atoms with Crippen molar-refractivity contribution in [3.63, 3.8) is 0 Å². The van der Waals surface area contributed by atoms with Crippen LogP contribution in [0.4, 0.5) is 0 Å². The van der Waals surface area contributed by atoms with E-state index in [1.165, 1.54) is 0 Å². The molecule has 126 valence electrons. The Kier molecular flexibility index (Phi) is 4.82. The quantitative estimate of drug-likeness (QED) is 0.920. The standard InChI is InChI=1S/C17H24N2O4/c1-11(18-16(21)17(2,3)4)15(20)19(5)9-12-6-7-13-14(8-12)23-10-22-13/h6-8,11H,9-10H2,1-5H3,(H,18,21). The minimum atomic E-state index is -0.569. The van der Waals surface area contributed by atoms with E-state index in [9.17, 15) is 9.59 Å². The van der Waals surface area contributed by atoms with Crippen molar-refractivity contribution in [3.8, 4) is 11.5 Å². The molecule has 2 rings (SSSR count). The molecular weight excluding hydrogens is 296 g/mol. The van der Waals surface area contributed by atoms with Crippen LogP contribution >= 0.6 is 0 Å². The third kappa shape index (κ3) is 4.15. The molecule has 1 heterocycles. The number of rotatable bonds is 4. The lowest BCUT2D eigenvalue weighted by Crippen LogP contribution is -2.48. The molecule has 1 unspecified atom stereocenters. The molecule has 0 radical (unpaired) electrons. The Hall–Kier alpha value is -2.24. The van der Waals surface area contributed by atoms with E-state index in [-0.39, 0.29) is 18.6 Å². The summed E-state index contributed by atoms with van der Waals surface area (Å²) in [6, 6.07) is 5.03. The molecule has 1 atom stereocenters. The molecule has 0 saturated heterocycles. The van der Waals surface area contributed by atoms with Crippen molar-refractivity contribution in [2.24, 2.45) is 5.41 Å². The molecule has 2 amide bonds. The summed E-state index contributed by atoms with van der Waals surface area (Å²) in [6.07, 6.45) is 0. The van der Waals surface area contributed by atoms with Crippen molar-refractivity contribution in [1.29, 1.82) is 0 Å². The Morgan fingerprint density at radius 2 is 1.91 bits per heavy atom. The number of amides is 2. The molecule has 0 bridgehead atoms. The summed E-state index contributed by atoms with van der Waals surface area (Å²) >= 11 is 0. The Morgan fingerprint density at radius 1 is 1.26 bits per heavy atom. The highest BCUT2D eigenvalue weighted by Crippen LogP contribution is 2.32. The molecule has 23 heavy (non-hydrogen) atoms. The first-order valence-corrected chi connectivity index (χ1v) is 7.63. The van der Waals surface area contributed by atoms with Crippen molar-refractivity contribution in [1.82, 2.24) is 10.2 Å². The van der Waals surface area contributed by atoms with Crippen molar-refractivity contribution in [3.05, 3.63) is 23.8 Å². The van der Waals surface area contributed by atoms with Gasteiger partial charge < -0.3 is 19.7 Å². The lowest BCUT2D eigenvalue weighted by Gasteiger charge is -2.25. The predicted octanol–water partition coefficient (Wildman–Crippen LogP) is 1.92. The molecule has 6 heteroatoms. The third-order valence-corrected chi connectivity index (χ3v) is 3.63. The zero-order valence-electron chi connectivity index (χ0n) is 14.3. The van der Waals surface area contributed by atoms with Crippen LogP contribution in [0.2, 0.25) is 0 Å². The van der Waals surface area contributed by atoms with Crippen molar-refractivity contribution >= 4 is 11.8 Å². The highest BCUT2D eigenvalue weighted by molar-refractivity contribution is 5.89. The summed E-state index contributed by atoms with van der Waals surface area (Å²) in [5, 5.41) is 2.75. The predicted molar refractivity (Wildman–Crippen MR) is 86.1 cm³/mol. The van der Waals surface area contributed by atoms with Gasteiger partial charge in [-0.2, -0.15) is 0 Å². The topological polar surface area (TPSA) is 67.9 Å². The van der Waals surface area contributed by atoms with Crippen LogP contribution in [0, 0.1) is 5.41 Å². The Labute approximate surface area is 136 Å². The van der Waals surface area contributed by atoms with E-state index in [0.29, 0.717) is 18.0 Å². The fraction of sp³-hybridized carbons (Fsp3) is 0.529. The first-order valence-electron chi connectivity index (χ1n) is 7.63. The van der Waals surface area contributed by atoms with Gasteiger partial charge in [-0.05, 0) is 24.6 Å². The zero-order valence-corrected chi connectivity index (χ0v) is 14.3. The largest absolute Gasteiger partial charge is 0.454 e. The van der Waals surface area contributed by atoms with Gasteiger partial charge in [-0.1, -0.05) is 26.8 Å². The van der Waals surface area contributed by atoms with Gasteiger partial charge in [-0.15, -0.1) is 0 Å². The van der Waals surface area contributed by atoms with E-state index in [1.54, 1.807) is 18.9 Å². The minimum absolute atomic E-state index is 0.139. The Morgan fingerprint density at radius 3 is 2.57 bits per heavy atom. The lowest BCUT2D eigenvalue weighted by molar-refractivity contribution is -0.137. The van der Waals surface area contributed by atoms with Crippen LogP contribution in [-0.4, -0.2) is 36.6 Å². The summed E-state index contributed by atoms with van der Waals surface area (Å²) in [5.74, 6) is 1.13. The molecule has 1 aliphatic rings. The van der Waals surface area contributed by atoms with Gasteiger partial charge >= 0.3 is 0 Å². The molecule has 1 aromatic carbocycles. The molecule has 1 N–H and O–H groups in total. The van der Waals surface area contributed by atoms with Crippen molar-refractivity contribution in [2.45, 2.75) is 40.3 Å². The van der Waals surface area contributed by atoms with E-state index in [0.717, 1.165) is 5.56 Å². The van der Waals surface area contributed by atoms with Crippen molar-refractivity contribution < 1.29 is 19.1 Å². The Balaban J connectivity index is 1.95. The number of hydrogen-bond donors (Lipinski definition) is 1. The number of ether oxygens (including phenoxy) is 2.